The molecule has 0 N–H and O–H groups in total. The van der Waals surface area contributed by atoms with Crippen molar-refractivity contribution in [2.45, 2.75) is 12.5 Å². The van der Waals surface area contributed by atoms with Crippen molar-refractivity contribution >= 4 is 39.8 Å². The molecule has 1 atom stereocenters. The lowest BCUT2D eigenvalue weighted by Crippen LogP contribution is -2.12. The van der Waals surface area contributed by atoms with Gasteiger partial charge in [0.2, 0.25) is 0 Å². The first-order valence-corrected chi connectivity index (χ1v) is 8.62. The van der Waals surface area contributed by atoms with Gasteiger partial charge in [0.25, 0.3) is 0 Å². The van der Waals surface area contributed by atoms with Crippen LogP contribution in [0.1, 0.15) is 17.0 Å². The fraction of sp³-hybridized carbons (Fsp3) is 0.111. The van der Waals surface area contributed by atoms with Gasteiger partial charge in [-0.15, -0.1) is 0 Å². The Morgan fingerprint density at radius 3 is 2.57 bits per heavy atom. The van der Waals surface area contributed by atoms with Crippen LogP contribution in [-0.2, 0) is 6.54 Å². The summed E-state index contributed by atoms with van der Waals surface area (Å²) in [7, 11) is 0. The van der Waals surface area contributed by atoms with Crippen molar-refractivity contribution in [2.24, 2.45) is 0 Å². The molecule has 0 bridgehead atoms. The third kappa shape index (κ3) is 3.82. The monoisotopic (exact) mass is 435 g/mol. The fourth-order valence-electron chi connectivity index (χ4n) is 2.53. The van der Waals surface area contributed by atoms with E-state index in [9.17, 15) is 0 Å². The van der Waals surface area contributed by atoms with E-state index < -0.39 is 0 Å². The summed E-state index contributed by atoms with van der Waals surface area (Å²) in [6.45, 7) is 4.98. The second-order valence-corrected chi connectivity index (χ2v) is 6.88. The average Bonchev–Trinajstić information content (AvgIpc) is 3.07. The lowest BCUT2D eigenvalue weighted by molar-refractivity contribution is 0.579. The van der Waals surface area contributed by atoms with Crippen molar-refractivity contribution in [1.82, 2.24) is 14.8 Å². The van der Waals surface area contributed by atoms with E-state index in [1.165, 1.54) is 9.90 Å². The standard InChI is InChI=1S/C18H15ClIN3/c1-13(14-6-8-15(20)9-7-14)17(10-23-12-21-11-22-23)16-4-2-3-5-18(16)19/h2-9,11-12,17H,1,10H2. The maximum absolute atomic E-state index is 6.43. The quantitative estimate of drug-likeness (QED) is 0.526. The van der Waals surface area contributed by atoms with Gasteiger partial charge < -0.3 is 0 Å². The minimum absolute atomic E-state index is 0.0328. The highest BCUT2D eigenvalue weighted by Gasteiger charge is 2.20. The van der Waals surface area contributed by atoms with Crippen LogP contribution < -0.4 is 0 Å². The molecule has 0 aliphatic heterocycles. The molecule has 0 amide bonds. The SMILES string of the molecule is C=C(c1ccc(I)cc1)C(Cn1cncn1)c1ccccc1Cl. The predicted octanol–water partition coefficient (Wildman–Crippen LogP) is 5.03. The molecule has 0 fully saturated rings. The van der Waals surface area contributed by atoms with Crippen LogP contribution in [0.15, 0.2) is 67.8 Å². The van der Waals surface area contributed by atoms with Gasteiger partial charge in [-0.3, -0.25) is 4.68 Å². The van der Waals surface area contributed by atoms with Gasteiger partial charge in [-0.05, 0) is 57.5 Å². The minimum Gasteiger partial charge on any atom is -0.252 e. The maximum Gasteiger partial charge on any atom is 0.137 e. The summed E-state index contributed by atoms with van der Waals surface area (Å²) in [5, 5.41) is 4.96. The first kappa shape index (κ1) is 16.2. The molecular formula is C18H15ClIN3. The molecule has 0 saturated heterocycles. The first-order chi connectivity index (χ1) is 11.1. The number of rotatable bonds is 5. The molecule has 1 heterocycles. The van der Waals surface area contributed by atoms with Crippen LogP contribution in [0.25, 0.3) is 5.57 Å². The number of nitrogens with zero attached hydrogens (tertiary/aromatic N) is 3. The van der Waals surface area contributed by atoms with E-state index in [1.54, 1.807) is 6.33 Å². The normalized spacial score (nSPS) is 12.1. The Morgan fingerprint density at radius 1 is 1.17 bits per heavy atom. The highest BCUT2D eigenvalue weighted by Crippen LogP contribution is 2.35. The number of halogens is 2. The van der Waals surface area contributed by atoms with Crippen LogP contribution in [0.5, 0.6) is 0 Å². The third-order valence-corrected chi connectivity index (χ3v) is 4.82. The zero-order chi connectivity index (χ0) is 16.2. The van der Waals surface area contributed by atoms with Crippen molar-refractivity contribution in [3.8, 4) is 0 Å². The van der Waals surface area contributed by atoms with Crippen LogP contribution in [0, 0.1) is 3.57 Å². The predicted molar refractivity (Wildman–Crippen MR) is 102 cm³/mol. The summed E-state index contributed by atoms with van der Waals surface area (Å²) in [6, 6.07) is 16.2. The van der Waals surface area contributed by atoms with Crippen LogP contribution >= 0.6 is 34.2 Å². The first-order valence-electron chi connectivity index (χ1n) is 7.16. The topological polar surface area (TPSA) is 30.7 Å². The third-order valence-electron chi connectivity index (χ3n) is 3.75. The molecule has 1 aromatic heterocycles. The summed E-state index contributed by atoms with van der Waals surface area (Å²) in [6.07, 6.45) is 3.25. The lowest BCUT2D eigenvalue weighted by atomic mass is 9.87. The van der Waals surface area contributed by atoms with Gasteiger partial charge in [-0.25, -0.2) is 4.98 Å². The second-order valence-electron chi connectivity index (χ2n) is 5.22. The van der Waals surface area contributed by atoms with Gasteiger partial charge in [0.15, 0.2) is 0 Å². The number of hydrogen-bond donors (Lipinski definition) is 0. The van der Waals surface area contributed by atoms with Crippen LogP contribution in [0.4, 0.5) is 0 Å². The molecule has 5 heteroatoms. The molecule has 1 unspecified atom stereocenters. The second kappa shape index (κ2) is 7.27. The summed E-state index contributed by atoms with van der Waals surface area (Å²) in [5.74, 6) is 0.0328. The Balaban J connectivity index is 1.99. The zero-order valence-electron chi connectivity index (χ0n) is 12.4. The molecule has 3 nitrogen and oxygen atoms in total. The zero-order valence-corrected chi connectivity index (χ0v) is 15.3. The van der Waals surface area contributed by atoms with Crippen molar-refractivity contribution < 1.29 is 0 Å². The molecule has 0 aliphatic carbocycles. The van der Waals surface area contributed by atoms with Crippen LogP contribution in [0.2, 0.25) is 5.02 Å². The van der Waals surface area contributed by atoms with Crippen molar-refractivity contribution in [3.63, 3.8) is 0 Å². The minimum atomic E-state index is 0.0328. The van der Waals surface area contributed by atoms with Crippen LogP contribution in [-0.4, -0.2) is 14.8 Å². The van der Waals surface area contributed by atoms with Crippen LogP contribution in [0.3, 0.4) is 0 Å². The Kier molecular flexibility index (Phi) is 5.13. The van der Waals surface area contributed by atoms with Gasteiger partial charge in [0, 0.05) is 14.5 Å². The fourth-order valence-corrected chi connectivity index (χ4v) is 3.16. The molecule has 0 radical (unpaired) electrons. The summed E-state index contributed by atoms with van der Waals surface area (Å²) in [5.41, 5.74) is 3.17. The summed E-state index contributed by atoms with van der Waals surface area (Å²) in [4.78, 5) is 4.02. The molecule has 0 spiro atoms. The van der Waals surface area contributed by atoms with E-state index in [-0.39, 0.29) is 5.92 Å². The highest BCUT2D eigenvalue weighted by molar-refractivity contribution is 14.1. The number of hydrogen-bond acceptors (Lipinski definition) is 2. The summed E-state index contributed by atoms with van der Waals surface area (Å²) < 4.78 is 3.01. The van der Waals surface area contributed by atoms with Gasteiger partial charge in [-0.2, -0.15) is 5.10 Å². The largest absolute Gasteiger partial charge is 0.252 e. The number of aromatic nitrogens is 3. The summed E-state index contributed by atoms with van der Waals surface area (Å²) >= 11 is 8.73. The van der Waals surface area contributed by atoms with E-state index in [0.717, 1.165) is 21.7 Å². The molecule has 2 aromatic carbocycles. The molecule has 3 aromatic rings. The Hall–Kier alpha value is -1.66. The maximum atomic E-state index is 6.43. The molecule has 0 aliphatic rings. The molecule has 23 heavy (non-hydrogen) atoms. The van der Waals surface area contributed by atoms with Gasteiger partial charge in [0.1, 0.15) is 12.7 Å². The molecular weight excluding hydrogens is 421 g/mol. The smallest absolute Gasteiger partial charge is 0.137 e. The number of allylic oxidation sites excluding steroid dienone is 1. The Labute approximate surface area is 154 Å². The Bertz CT molecular complexity index is 797. The van der Waals surface area contributed by atoms with E-state index in [0.29, 0.717) is 6.54 Å². The average molecular weight is 436 g/mol. The van der Waals surface area contributed by atoms with Gasteiger partial charge in [-0.1, -0.05) is 48.5 Å². The molecule has 3 rings (SSSR count). The van der Waals surface area contributed by atoms with Gasteiger partial charge >= 0.3 is 0 Å². The van der Waals surface area contributed by atoms with E-state index in [4.69, 9.17) is 11.6 Å². The van der Waals surface area contributed by atoms with E-state index >= 15 is 0 Å². The lowest BCUT2D eigenvalue weighted by Gasteiger charge is -2.21. The molecule has 0 saturated carbocycles. The van der Waals surface area contributed by atoms with Crippen molar-refractivity contribution in [2.75, 3.05) is 0 Å². The number of benzene rings is 2. The van der Waals surface area contributed by atoms with E-state index in [1.807, 2.05) is 28.9 Å². The Morgan fingerprint density at radius 2 is 1.91 bits per heavy atom. The molecule has 116 valence electrons. The highest BCUT2D eigenvalue weighted by atomic mass is 127. The van der Waals surface area contributed by atoms with Gasteiger partial charge in [0.05, 0.1) is 6.54 Å². The van der Waals surface area contributed by atoms with Crippen molar-refractivity contribution in [1.29, 1.82) is 0 Å². The van der Waals surface area contributed by atoms with E-state index in [2.05, 4.69) is 63.5 Å². The van der Waals surface area contributed by atoms with Crippen molar-refractivity contribution in [3.05, 3.63) is 87.5 Å².